The first-order valence-corrected chi connectivity index (χ1v) is 4.63. The van der Waals surface area contributed by atoms with E-state index in [2.05, 4.69) is 5.32 Å². The number of aliphatic hydroxyl groups is 1. The van der Waals surface area contributed by atoms with Crippen LogP contribution in [0.1, 0.15) is 19.3 Å². The summed E-state index contributed by atoms with van der Waals surface area (Å²) >= 11 is 0. The smallest absolute Gasteiger partial charge is 0.0500 e. The number of methoxy groups -OCH3 is 1. The fraction of sp³-hybridized carbons (Fsp3) is 1.00. The van der Waals surface area contributed by atoms with E-state index in [1.54, 1.807) is 7.11 Å². The van der Waals surface area contributed by atoms with Crippen LogP contribution in [0.25, 0.3) is 0 Å². The third-order valence-corrected chi connectivity index (χ3v) is 2.72. The summed E-state index contributed by atoms with van der Waals surface area (Å²) in [6.07, 6.45) is 3.23. The van der Waals surface area contributed by atoms with Gasteiger partial charge in [-0.1, -0.05) is 0 Å². The van der Waals surface area contributed by atoms with Crippen molar-refractivity contribution in [2.24, 2.45) is 5.41 Å². The van der Waals surface area contributed by atoms with Crippen molar-refractivity contribution >= 4 is 0 Å². The Hall–Kier alpha value is -0.120. The lowest BCUT2D eigenvalue weighted by Crippen LogP contribution is -2.28. The van der Waals surface area contributed by atoms with E-state index in [0.717, 1.165) is 39.0 Å². The molecule has 3 heteroatoms. The molecule has 1 atom stereocenters. The Bertz CT molecular complexity index is 122. The van der Waals surface area contributed by atoms with Gasteiger partial charge in [-0.2, -0.15) is 0 Å². The summed E-state index contributed by atoms with van der Waals surface area (Å²) in [4.78, 5) is 0. The molecule has 1 unspecified atom stereocenters. The average molecular weight is 173 g/mol. The van der Waals surface area contributed by atoms with Gasteiger partial charge < -0.3 is 15.2 Å². The third kappa shape index (κ3) is 2.44. The standard InChI is InChI=1S/C9H19NO2/c1-12-6-2-3-9(8-11)4-5-10-7-9/h10-11H,2-8H2,1H3. The maximum Gasteiger partial charge on any atom is 0.0500 e. The highest BCUT2D eigenvalue weighted by Crippen LogP contribution is 2.29. The molecular weight excluding hydrogens is 154 g/mol. The third-order valence-electron chi connectivity index (χ3n) is 2.72. The molecule has 0 radical (unpaired) electrons. The number of ether oxygens (including phenoxy) is 1. The highest BCUT2D eigenvalue weighted by Gasteiger charge is 2.32. The highest BCUT2D eigenvalue weighted by molar-refractivity contribution is 4.86. The fourth-order valence-electron chi connectivity index (χ4n) is 1.81. The lowest BCUT2D eigenvalue weighted by Gasteiger charge is -2.25. The second-order valence-corrected chi connectivity index (χ2v) is 3.68. The maximum atomic E-state index is 9.24. The molecule has 0 aliphatic carbocycles. The molecule has 0 spiro atoms. The van der Waals surface area contributed by atoms with Gasteiger partial charge in [-0.25, -0.2) is 0 Å². The van der Waals surface area contributed by atoms with Crippen molar-refractivity contribution in [3.8, 4) is 0 Å². The topological polar surface area (TPSA) is 41.5 Å². The number of hydrogen-bond donors (Lipinski definition) is 2. The van der Waals surface area contributed by atoms with Crippen molar-refractivity contribution in [1.82, 2.24) is 5.32 Å². The second kappa shape index (κ2) is 4.80. The summed E-state index contributed by atoms with van der Waals surface area (Å²) in [5.74, 6) is 0. The van der Waals surface area contributed by atoms with Gasteiger partial charge in [0.25, 0.3) is 0 Å². The van der Waals surface area contributed by atoms with Crippen LogP contribution in [0.5, 0.6) is 0 Å². The summed E-state index contributed by atoms with van der Waals surface area (Å²) in [6.45, 7) is 3.13. The number of hydrogen-bond acceptors (Lipinski definition) is 3. The SMILES string of the molecule is COCCCC1(CO)CCNC1. The molecule has 12 heavy (non-hydrogen) atoms. The summed E-state index contributed by atoms with van der Waals surface area (Å²) in [5.41, 5.74) is 0.151. The first kappa shape index (κ1) is 9.96. The minimum Gasteiger partial charge on any atom is -0.396 e. The Morgan fingerprint density at radius 1 is 1.58 bits per heavy atom. The van der Waals surface area contributed by atoms with E-state index in [0.29, 0.717) is 6.61 Å². The summed E-state index contributed by atoms with van der Waals surface area (Å²) in [7, 11) is 1.72. The molecule has 0 saturated carbocycles. The lowest BCUT2D eigenvalue weighted by atomic mass is 9.83. The maximum absolute atomic E-state index is 9.24. The molecular formula is C9H19NO2. The second-order valence-electron chi connectivity index (χ2n) is 3.68. The number of nitrogens with one attached hydrogen (secondary N) is 1. The largest absolute Gasteiger partial charge is 0.396 e. The molecule has 1 aliphatic heterocycles. The molecule has 1 saturated heterocycles. The van der Waals surface area contributed by atoms with Crippen LogP contribution in [0.3, 0.4) is 0 Å². The van der Waals surface area contributed by atoms with Crippen LogP contribution in [0.15, 0.2) is 0 Å². The molecule has 2 N–H and O–H groups in total. The van der Waals surface area contributed by atoms with E-state index < -0.39 is 0 Å². The van der Waals surface area contributed by atoms with Crippen molar-refractivity contribution < 1.29 is 9.84 Å². The Morgan fingerprint density at radius 3 is 2.92 bits per heavy atom. The van der Waals surface area contributed by atoms with Crippen LogP contribution in [0.4, 0.5) is 0 Å². The van der Waals surface area contributed by atoms with E-state index in [4.69, 9.17) is 4.74 Å². The lowest BCUT2D eigenvalue weighted by molar-refractivity contribution is 0.113. The molecule has 3 nitrogen and oxygen atoms in total. The Labute approximate surface area is 74.1 Å². The van der Waals surface area contributed by atoms with Gasteiger partial charge in [-0.05, 0) is 25.8 Å². The van der Waals surface area contributed by atoms with Gasteiger partial charge >= 0.3 is 0 Å². The van der Waals surface area contributed by atoms with Crippen LogP contribution < -0.4 is 5.32 Å². The summed E-state index contributed by atoms with van der Waals surface area (Å²) in [6, 6.07) is 0. The predicted molar refractivity (Wildman–Crippen MR) is 48.1 cm³/mol. The molecule has 0 aromatic carbocycles. The molecule has 1 fully saturated rings. The Balaban J connectivity index is 2.24. The zero-order chi connectivity index (χ0) is 8.86. The van der Waals surface area contributed by atoms with E-state index >= 15 is 0 Å². The molecule has 1 rings (SSSR count). The van der Waals surface area contributed by atoms with Crippen LogP contribution in [0.2, 0.25) is 0 Å². The van der Waals surface area contributed by atoms with Crippen molar-refractivity contribution in [1.29, 1.82) is 0 Å². The molecule has 1 aliphatic rings. The first-order chi connectivity index (χ1) is 5.83. The van der Waals surface area contributed by atoms with Crippen LogP contribution >= 0.6 is 0 Å². The van der Waals surface area contributed by atoms with Gasteiger partial charge in [-0.15, -0.1) is 0 Å². The van der Waals surface area contributed by atoms with Gasteiger partial charge in [0.1, 0.15) is 0 Å². The highest BCUT2D eigenvalue weighted by atomic mass is 16.5. The Kier molecular flexibility index (Phi) is 3.98. The Morgan fingerprint density at radius 2 is 2.42 bits per heavy atom. The van der Waals surface area contributed by atoms with Crippen molar-refractivity contribution in [3.05, 3.63) is 0 Å². The number of aliphatic hydroxyl groups excluding tert-OH is 1. The van der Waals surface area contributed by atoms with Gasteiger partial charge in [0, 0.05) is 32.3 Å². The van der Waals surface area contributed by atoms with Crippen LogP contribution in [0, 0.1) is 5.41 Å². The van der Waals surface area contributed by atoms with Gasteiger partial charge in [0.2, 0.25) is 0 Å². The van der Waals surface area contributed by atoms with E-state index in [9.17, 15) is 5.11 Å². The van der Waals surface area contributed by atoms with Crippen LogP contribution in [-0.2, 0) is 4.74 Å². The molecule has 72 valence electrons. The van der Waals surface area contributed by atoms with E-state index in [1.807, 2.05) is 0 Å². The van der Waals surface area contributed by atoms with Gasteiger partial charge in [0.15, 0.2) is 0 Å². The van der Waals surface area contributed by atoms with Gasteiger partial charge in [-0.3, -0.25) is 0 Å². The van der Waals surface area contributed by atoms with Crippen molar-refractivity contribution in [3.63, 3.8) is 0 Å². The molecule has 0 aromatic rings. The van der Waals surface area contributed by atoms with Crippen LogP contribution in [-0.4, -0.2) is 38.5 Å². The zero-order valence-corrected chi connectivity index (χ0v) is 7.81. The monoisotopic (exact) mass is 173 g/mol. The first-order valence-electron chi connectivity index (χ1n) is 4.63. The average Bonchev–Trinajstić information content (AvgIpc) is 2.55. The minimum absolute atomic E-state index is 0.151. The molecule has 1 heterocycles. The molecule has 0 amide bonds. The minimum atomic E-state index is 0.151. The normalized spacial score (nSPS) is 29.5. The van der Waals surface area contributed by atoms with Gasteiger partial charge in [0.05, 0.1) is 0 Å². The van der Waals surface area contributed by atoms with E-state index in [1.165, 1.54) is 0 Å². The predicted octanol–water partition coefficient (Wildman–Crippen LogP) is 0.385. The molecule has 0 bridgehead atoms. The fourth-order valence-corrected chi connectivity index (χ4v) is 1.81. The van der Waals surface area contributed by atoms with Crippen molar-refractivity contribution in [2.75, 3.05) is 33.4 Å². The number of rotatable bonds is 5. The quantitative estimate of drug-likeness (QED) is 0.591. The van der Waals surface area contributed by atoms with E-state index in [-0.39, 0.29) is 5.41 Å². The summed E-state index contributed by atoms with van der Waals surface area (Å²) in [5, 5.41) is 12.5. The zero-order valence-electron chi connectivity index (χ0n) is 7.81. The summed E-state index contributed by atoms with van der Waals surface area (Å²) < 4.78 is 4.99. The van der Waals surface area contributed by atoms with Crippen molar-refractivity contribution in [2.45, 2.75) is 19.3 Å². The molecule has 0 aromatic heterocycles.